The minimum absolute atomic E-state index is 0.0773. The summed E-state index contributed by atoms with van der Waals surface area (Å²) in [6, 6.07) is 118. The van der Waals surface area contributed by atoms with E-state index in [1.807, 2.05) is 30.5 Å². The molecule has 0 atom stereocenters. The van der Waals surface area contributed by atoms with E-state index in [-0.39, 0.29) is 10.8 Å². The number of fused-ring (bicyclic) bond motifs is 10. The summed E-state index contributed by atoms with van der Waals surface area (Å²) >= 11 is 0. The molecule has 4 nitrogen and oxygen atoms in total. The molecule has 16 aromatic rings. The van der Waals surface area contributed by atoms with Crippen LogP contribution in [-0.2, 0) is 10.8 Å². The minimum Gasteiger partial charge on any atom is -0.264 e. The van der Waals surface area contributed by atoms with Gasteiger partial charge in [-0.05, 0) is 158 Å². The van der Waals surface area contributed by atoms with E-state index in [9.17, 15) is 0 Å². The van der Waals surface area contributed by atoms with Crippen LogP contribution in [0.2, 0.25) is 0 Å². The first kappa shape index (κ1) is 59.5. The molecule has 0 saturated carbocycles. The Morgan fingerprint density at radius 2 is 0.622 bits per heavy atom. The molecule has 0 radical (unpaired) electrons. The fourth-order valence-corrected chi connectivity index (χ4v) is 15.0. The second-order valence-corrected chi connectivity index (χ2v) is 26.9. The zero-order valence-electron chi connectivity index (χ0n) is 55.1. The molecule has 3 heterocycles. The van der Waals surface area contributed by atoms with Crippen molar-refractivity contribution in [2.45, 2.75) is 38.5 Å². The molecule has 0 fully saturated rings. The van der Waals surface area contributed by atoms with Crippen LogP contribution in [0, 0.1) is 0 Å². The molecule has 2 aliphatic carbocycles. The van der Waals surface area contributed by atoms with E-state index >= 15 is 0 Å². The third-order valence-corrected chi connectivity index (χ3v) is 20.3. The van der Waals surface area contributed by atoms with Gasteiger partial charge in [0, 0.05) is 51.0 Å². The highest BCUT2D eigenvalue weighted by Crippen LogP contribution is 2.54. The quantitative estimate of drug-likeness (QED) is 0.137. The molecule has 0 N–H and O–H groups in total. The molecular weight excluding hydrogens is 1190 g/mol. The number of pyridine rings is 2. The summed E-state index contributed by atoms with van der Waals surface area (Å²) in [6.45, 7) is 9.45. The van der Waals surface area contributed by atoms with Gasteiger partial charge in [-0.15, -0.1) is 0 Å². The summed E-state index contributed by atoms with van der Waals surface area (Å²) in [6.07, 6.45) is 3.68. The lowest BCUT2D eigenvalue weighted by molar-refractivity contribution is 0.661. The van der Waals surface area contributed by atoms with Gasteiger partial charge in [-0.25, -0.2) is 15.0 Å². The largest absolute Gasteiger partial charge is 0.264 e. The van der Waals surface area contributed by atoms with E-state index in [4.69, 9.17) is 15.0 Å². The molecule has 0 bridgehead atoms. The normalized spacial score (nSPS) is 12.9. The molecule has 13 aromatic carbocycles. The second-order valence-electron chi connectivity index (χ2n) is 26.9. The third kappa shape index (κ3) is 10.9. The summed E-state index contributed by atoms with van der Waals surface area (Å²) < 4.78 is 0. The van der Waals surface area contributed by atoms with Gasteiger partial charge in [-0.3, -0.25) is 4.98 Å². The van der Waals surface area contributed by atoms with Gasteiger partial charge in [0.15, 0.2) is 5.82 Å². The molecular formula is C94H68N4. The van der Waals surface area contributed by atoms with Gasteiger partial charge >= 0.3 is 0 Å². The van der Waals surface area contributed by atoms with Gasteiger partial charge in [0.1, 0.15) is 0 Å². The Bertz CT molecular complexity index is 5670. The van der Waals surface area contributed by atoms with E-state index in [0.29, 0.717) is 5.82 Å². The molecule has 3 aromatic heterocycles. The van der Waals surface area contributed by atoms with Crippen LogP contribution in [0.1, 0.15) is 49.9 Å². The van der Waals surface area contributed by atoms with Crippen molar-refractivity contribution < 1.29 is 0 Å². The van der Waals surface area contributed by atoms with Crippen LogP contribution in [0.25, 0.3) is 156 Å². The zero-order chi connectivity index (χ0) is 65.9. The maximum Gasteiger partial charge on any atom is 0.160 e. The van der Waals surface area contributed by atoms with Crippen LogP contribution >= 0.6 is 0 Å². The average molecular weight is 1250 g/mol. The van der Waals surface area contributed by atoms with Crippen molar-refractivity contribution in [1.29, 1.82) is 0 Å². The van der Waals surface area contributed by atoms with Gasteiger partial charge in [-0.1, -0.05) is 319 Å². The van der Waals surface area contributed by atoms with Crippen molar-refractivity contribution in [3.05, 3.63) is 362 Å². The van der Waals surface area contributed by atoms with Crippen LogP contribution in [0.5, 0.6) is 0 Å². The van der Waals surface area contributed by atoms with E-state index in [0.717, 1.165) is 67.3 Å². The molecule has 464 valence electrons. The highest BCUT2D eigenvalue weighted by Gasteiger charge is 2.38. The Labute approximate surface area is 573 Å². The van der Waals surface area contributed by atoms with Gasteiger partial charge in [0.25, 0.3) is 0 Å². The lowest BCUT2D eigenvalue weighted by Crippen LogP contribution is -2.15. The zero-order valence-corrected chi connectivity index (χ0v) is 55.1. The number of aromatic nitrogens is 4. The minimum atomic E-state index is -0.0813. The van der Waals surface area contributed by atoms with Crippen LogP contribution < -0.4 is 0 Å². The Morgan fingerprint density at radius 1 is 0.235 bits per heavy atom. The van der Waals surface area contributed by atoms with Crippen molar-refractivity contribution in [2.24, 2.45) is 0 Å². The average Bonchev–Trinajstić information content (AvgIpc) is 1.57. The molecule has 98 heavy (non-hydrogen) atoms. The number of nitrogens with zero attached hydrogens (tertiary/aromatic N) is 4. The first-order valence-electron chi connectivity index (χ1n) is 33.8. The van der Waals surface area contributed by atoms with Crippen LogP contribution in [0.4, 0.5) is 0 Å². The lowest BCUT2D eigenvalue weighted by Gasteiger charge is -2.23. The molecule has 2 aliphatic rings. The monoisotopic (exact) mass is 1250 g/mol. The fourth-order valence-electron chi connectivity index (χ4n) is 15.0. The summed E-state index contributed by atoms with van der Waals surface area (Å²) in [5.74, 6) is 0.710. The van der Waals surface area contributed by atoms with Crippen molar-refractivity contribution in [1.82, 2.24) is 19.9 Å². The maximum absolute atomic E-state index is 5.15. The predicted molar refractivity (Wildman–Crippen MR) is 409 cm³/mol. The molecule has 18 rings (SSSR count). The Morgan fingerprint density at radius 3 is 1.18 bits per heavy atom. The Kier molecular flexibility index (Phi) is 14.9. The fraction of sp³-hybridized carbons (Fsp3) is 0.0638. The number of hydrogen-bond acceptors (Lipinski definition) is 4. The Balaban J connectivity index is 0.000000147. The summed E-state index contributed by atoms with van der Waals surface area (Å²) in [4.78, 5) is 19.5. The summed E-state index contributed by atoms with van der Waals surface area (Å²) in [7, 11) is 0. The van der Waals surface area contributed by atoms with E-state index in [1.165, 1.54) is 105 Å². The van der Waals surface area contributed by atoms with Gasteiger partial charge in [-0.2, -0.15) is 0 Å². The highest BCUT2D eigenvalue weighted by molar-refractivity contribution is 6.03. The predicted octanol–water partition coefficient (Wildman–Crippen LogP) is 24.5. The first-order valence-corrected chi connectivity index (χ1v) is 33.8. The molecule has 0 saturated heterocycles. The van der Waals surface area contributed by atoms with Crippen LogP contribution in [-0.4, -0.2) is 19.9 Å². The third-order valence-electron chi connectivity index (χ3n) is 20.3. The summed E-state index contributed by atoms with van der Waals surface area (Å²) in [5, 5.41) is 5.27. The van der Waals surface area contributed by atoms with Gasteiger partial charge in [0.2, 0.25) is 0 Å². The SMILES string of the molecule is CC1(C)c2cc(-c3ccc(-c4cc(-c5ccc(-c6cccnc6)cc5)nc(-c5ccccc5)n4)cc3)ccc2-c2c1ccc1ccccc21.CC1(C)c2cc(-c3ccc(-c4cc(-c5ccccc5)nc(-c5ccc(-c6ccccc6)cc5)c4)cc3)ccc2-c2ccc3ccccc3c21. The van der Waals surface area contributed by atoms with Crippen molar-refractivity contribution >= 4 is 21.5 Å². The Hall–Kier alpha value is -12.2. The van der Waals surface area contributed by atoms with Crippen LogP contribution in [0.3, 0.4) is 0 Å². The van der Waals surface area contributed by atoms with Gasteiger partial charge in [0.05, 0.1) is 22.8 Å². The second kappa shape index (κ2) is 24.5. The standard InChI is InChI=1S/C48H35N.C46H33N3/c1-48(2)44-29-39(26-27-42(44)43-28-25-36-13-9-10-16-41(36)47(43)48)34-17-19-35(20-18-34)40-30-45(37-14-7-4-8-15-37)49-46(31-40)38-23-21-33(22-24-38)32-11-5-3-6-12-32;1-46(2)40-25-23-32-9-6-7-13-38(32)44(40)39-24-22-36(27-41(39)46)30-14-18-33(19-15-30)42-28-43(49-45(48-42)35-10-4-3-5-11-35)34-20-16-31(17-21-34)37-12-8-26-47-29-37/h3-31H,1-2H3;3-29H,1-2H3. The molecule has 4 heteroatoms. The highest BCUT2D eigenvalue weighted by atomic mass is 14.9. The van der Waals surface area contributed by atoms with Gasteiger partial charge < -0.3 is 0 Å². The van der Waals surface area contributed by atoms with Crippen molar-refractivity contribution in [2.75, 3.05) is 0 Å². The molecule has 0 unspecified atom stereocenters. The summed E-state index contributed by atoms with van der Waals surface area (Å²) in [5.41, 5.74) is 31.7. The number of rotatable bonds is 10. The maximum atomic E-state index is 5.15. The van der Waals surface area contributed by atoms with E-state index in [1.54, 1.807) is 6.20 Å². The van der Waals surface area contributed by atoms with Crippen molar-refractivity contribution in [3.8, 4) is 134 Å². The van der Waals surface area contributed by atoms with E-state index in [2.05, 4.69) is 336 Å². The lowest BCUT2D eigenvalue weighted by atomic mass is 9.79. The number of benzene rings is 13. The van der Waals surface area contributed by atoms with Crippen molar-refractivity contribution in [3.63, 3.8) is 0 Å². The number of hydrogen-bond donors (Lipinski definition) is 0. The molecule has 0 aliphatic heterocycles. The topological polar surface area (TPSA) is 51.6 Å². The van der Waals surface area contributed by atoms with E-state index < -0.39 is 0 Å². The smallest absolute Gasteiger partial charge is 0.160 e. The molecule has 0 amide bonds. The molecule has 0 spiro atoms. The van der Waals surface area contributed by atoms with Crippen LogP contribution in [0.15, 0.2) is 340 Å². The first-order chi connectivity index (χ1) is 48.1.